The predicted molar refractivity (Wildman–Crippen MR) is 98.6 cm³/mol. The Morgan fingerprint density at radius 2 is 1.96 bits per heavy atom. The Hall–Kier alpha value is -2.24. The molecule has 1 aliphatic heterocycles. The van der Waals surface area contributed by atoms with E-state index in [0.717, 1.165) is 0 Å². The maximum atomic E-state index is 12.4. The van der Waals surface area contributed by atoms with Crippen LogP contribution in [0.4, 0.5) is 11.4 Å². The molecule has 1 unspecified atom stereocenters. The Labute approximate surface area is 155 Å². The number of anilines is 2. The second-order valence-electron chi connectivity index (χ2n) is 5.62. The lowest BCUT2D eigenvalue weighted by atomic mass is 10.1. The van der Waals surface area contributed by atoms with E-state index in [0.29, 0.717) is 27.2 Å². The van der Waals surface area contributed by atoms with Gasteiger partial charge in [-0.3, -0.25) is 9.59 Å². The smallest absolute Gasteiger partial charge is 0.267 e. The van der Waals surface area contributed by atoms with Crippen LogP contribution in [0.15, 0.2) is 42.5 Å². The van der Waals surface area contributed by atoms with Crippen LogP contribution in [0.25, 0.3) is 0 Å². The Kier molecular flexibility index (Phi) is 5.16. The summed E-state index contributed by atoms with van der Waals surface area (Å²) in [4.78, 5) is 26.2. The number of hydrogen-bond donors (Lipinski definition) is 1. The lowest BCUT2D eigenvalue weighted by molar-refractivity contribution is -0.125. The van der Waals surface area contributed by atoms with Crippen LogP contribution in [-0.2, 0) is 9.59 Å². The van der Waals surface area contributed by atoms with E-state index in [1.807, 2.05) is 12.1 Å². The molecule has 130 valence electrons. The van der Waals surface area contributed by atoms with Gasteiger partial charge in [-0.2, -0.15) is 0 Å². The van der Waals surface area contributed by atoms with Crippen molar-refractivity contribution >= 4 is 46.4 Å². The first-order valence-electron chi connectivity index (χ1n) is 7.78. The van der Waals surface area contributed by atoms with E-state index in [-0.39, 0.29) is 24.8 Å². The minimum absolute atomic E-state index is 0.121. The third kappa shape index (κ3) is 3.72. The number of amides is 2. The van der Waals surface area contributed by atoms with Gasteiger partial charge in [0.1, 0.15) is 5.75 Å². The molecule has 0 fully saturated rings. The van der Waals surface area contributed by atoms with Crippen LogP contribution in [0.2, 0.25) is 10.0 Å². The van der Waals surface area contributed by atoms with Crippen molar-refractivity contribution < 1.29 is 14.3 Å². The monoisotopic (exact) mass is 378 g/mol. The zero-order chi connectivity index (χ0) is 18.0. The second kappa shape index (κ2) is 7.33. The van der Waals surface area contributed by atoms with Crippen LogP contribution in [0.1, 0.15) is 13.3 Å². The minimum Gasteiger partial charge on any atom is -0.479 e. The molecule has 0 spiro atoms. The fraction of sp³-hybridized carbons (Fsp3) is 0.222. The van der Waals surface area contributed by atoms with Crippen molar-refractivity contribution in [3.8, 4) is 5.75 Å². The van der Waals surface area contributed by atoms with Crippen molar-refractivity contribution in [1.82, 2.24) is 0 Å². The molecule has 1 aliphatic rings. The summed E-state index contributed by atoms with van der Waals surface area (Å²) in [5.74, 6) is 0.203. The summed E-state index contributed by atoms with van der Waals surface area (Å²) in [6.07, 6.45) is -0.462. The number of carbonyl (C=O) groups excluding carboxylic acids is 2. The van der Waals surface area contributed by atoms with Crippen LogP contribution in [0.3, 0.4) is 0 Å². The quantitative estimate of drug-likeness (QED) is 0.869. The van der Waals surface area contributed by atoms with E-state index in [1.165, 1.54) is 0 Å². The van der Waals surface area contributed by atoms with E-state index in [1.54, 1.807) is 42.2 Å². The second-order valence-corrected chi connectivity index (χ2v) is 6.40. The number of fused-ring (bicyclic) bond motifs is 1. The van der Waals surface area contributed by atoms with Crippen LogP contribution in [-0.4, -0.2) is 24.5 Å². The molecule has 1 heterocycles. The number of nitrogens with one attached hydrogen (secondary N) is 1. The van der Waals surface area contributed by atoms with Crippen molar-refractivity contribution in [3.63, 3.8) is 0 Å². The van der Waals surface area contributed by atoms with Gasteiger partial charge in [0.2, 0.25) is 5.91 Å². The maximum absolute atomic E-state index is 12.4. The molecule has 0 aliphatic carbocycles. The lowest BCUT2D eigenvalue weighted by Crippen LogP contribution is -2.45. The largest absolute Gasteiger partial charge is 0.479 e. The summed E-state index contributed by atoms with van der Waals surface area (Å²) in [7, 11) is 0. The highest BCUT2D eigenvalue weighted by atomic mass is 35.5. The summed E-state index contributed by atoms with van der Waals surface area (Å²) >= 11 is 12.0. The van der Waals surface area contributed by atoms with Gasteiger partial charge in [0, 0.05) is 13.0 Å². The van der Waals surface area contributed by atoms with E-state index in [9.17, 15) is 9.59 Å². The maximum Gasteiger partial charge on any atom is 0.267 e. The highest BCUT2D eigenvalue weighted by Gasteiger charge is 2.31. The van der Waals surface area contributed by atoms with Crippen molar-refractivity contribution in [2.75, 3.05) is 16.8 Å². The van der Waals surface area contributed by atoms with Gasteiger partial charge in [0.25, 0.3) is 5.91 Å². The van der Waals surface area contributed by atoms with Gasteiger partial charge < -0.3 is 15.0 Å². The molecular formula is C18H16Cl2N2O3. The van der Waals surface area contributed by atoms with Gasteiger partial charge in [0.15, 0.2) is 6.10 Å². The molecule has 1 atom stereocenters. The summed E-state index contributed by atoms with van der Waals surface area (Å²) in [6, 6.07) is 12.3. The number of para-hydroxylation sites is 2. The van der Waals surface area contributed by atoms with Crippen LogP contribution in [0.5, 0.6) is 5.75 Å². The first-order chi connectivity index (χ1) is 12.0. The zero-order valence-electron chi connectivity index (χ0n) is 13.5. The van der Waals surface area contributed by atoms with Gasteiger partial charge in [0.05, 0.1) is 21.4 Å². The first kappa shape index (κ1) is 17.6. The third-order valence-corrected chi connectivity index (χ3v) is 4.68. The normalized spacial score (nSPS) is 16.2. The van der Waals surface area contributed by atoms with Crippen molar-refractivity contribution in [3.05, 3.63) is 52.5 Å². The molecule has 1 N–H and O–H groups in total. The zero-order valence-corrected chi connectivity index (χ0v) is 15.0. The number of carbonyl (C=O) groups is 2. The highest BCUT2D eigenvalue weighted by molar-refractivity contribution is 6.44. The van der Waals surface area contributed by atoms with Crippen molar-refractivity contribution in [2.24, 2.45) is 0 Å². The Balaban J connectivity index is 1.69. The molecule has 7 heteroatoms. The number of nitrogens with zero attached hydrogens (tertiary/aromatic N) is 1. The molecule has 0 saturated carbocycles. The van der Waals surface area contributed by atoms with Crippen molar-refractivity contribution in [2.45, 2.75) is 19.4 Å². The molecule has 0 bridgehead atoms. The average Bonchev–Trinajstić information content (AvgIpc) is 2.59. The Bertz CT molecular complexity index is 826. The summed E-state index contributed by atoms with van der Waals surface area (Å²) in [5.41, 5.74) is 1.11. The number of benzene rings is 2. The number of halogens is 2. The summed E-state index contributed by atoms with van der Waals surface area (Å²) in [5, 5.41) is 3.37. The van der Waals surface area contributed by atoms with E-state index in [2.05, 4.69) is 5.32 Å². The average molecular weight is 379 g/mol. The molecule has 0 saturated heterocycles. The van der Waals surface area contributed by atoms with Crippen LogP contribution < -0.4 is 15.0 Å². The third-order valence-electron chi connectivity index (χ3n) is 3.86. The van der Waals surface area contributed by atoms with Crippen LogP contribution in [0, 0.1) is 0 Å². The first-order valence-corrected chi connectivity index (χ1v) is 8.54. The summed E-state index contributed by atoms with van der Waals surface area (Å²) < 4.78 is 5.58. The molecule has 2 aromatic carbocycles. The molecule has 2 aromatic rings. The fourth-order valence-corrected chi connectivity index (χ4v) is 2.96. The fourth-order valence-electron chi connectivity index (χ4n) is 2.62. The minimum atomic E-state index is -0.583. The van der Waals surface area contributed by atoms with Crippen LogP contribution >= 0.6 is 23.2 Å². The molecular weight excluding hydrogens is 363 g/mol. The topological polar surface area (TPSA) is 58.6 Å². The molecule has 0 aromatic heterocycles. The predicted octanol–water partition coefficient (Wildman–Crippen LogP) is 4.14. The summed E-state index contributed by atoms with van der Waals surface area (Å²) in [6.45, 7) is 1.94. The van der Waals surface area contributed by atoms with Gasteiger partial charge >= 0.3 is 0 Å². The number of rotatable bonds is 4. The molecule has 5 nitrogen and oxygen atoms in total. The SMILES string of the molecule is CC1Oc2ccccc2N(CCC(=O)Nc2cccc(Cl)c2Cl)C1=O. The van der Waals surface area contributed by atoms with Gasteiger partial charge in [-0.25, -0.2) is 0 Å². The molecule has 3 rings (SSSR count). The number of ether oxygens (including phenoxy) is 1. The Morgan fingerprint density at radius 1 is 1.20 bits per heavy atom. The molecule has 0 radical (unpaired) electrons. The van der Waals surface area contributed by atoms with E-state index < -0.39 is 6.10 Å². The lowest BCUT2D eigenvalue weighted by Gasteiger charge is -2.32. The van der Waals surface area contributed by atoms with Gasteiger partial charge in [-0.05, 0) is 31.2 Å². The number of hydrogen-bond acceptors (Lipinski definition) is 3. The highest BCUT2D eigenvalue weighted by Crippen LogP contribution is 2.34. The Morgan fingerprint density at radius 3 is 2.76 bits per heavy atom. The van der Waals surface area contributed by atoms with E-state index in [4.69, 9.17) is 27.9 Å². The van der Waals surface area contributed by atoms with Gasteiger partial charge in [-0.1, -0.05) is 41.4 Å². The molecule has 2 amide bonds. The van der Waals surface area contributed by atoms with Gasteiger partial charge in [-0.15, -0.1) is 0 Å². The molecule has 25 heavy (non-hydrogen) atoms. The standard InChI is InChI=1S/C18H16Cl2N2O3/c1-11-18(24)22(14-7-2-3-8-15(14)25-11)10-9-16(23)21-13-6-4-5-12(19)17(13)20/h2-8,11H,9-10H2,1H3,(H,21,23). The van der Waals surface area contributed by atoms with E-state index >= 15 is 0 Å². The van der Waals surface area contributed by atoms with Crippen molar-refractivity contribution in [1.29, 1.82) is 0 Å².